The topological polar surface area (TPSA) is 63.6 Å². The molecule has 0 atom stereocenters. The zero-order valence-electron chi connectivity index (χ0n) is 10.2. The van der Waals surface area contributed by atoms with Gasteiger partial charge in [-0.05, 0) is 6.42 Å². The molecule has 0 saturated carbocycles. The average molecular weight is 263 g/mol. The van der Waals surface area contributed by atoms with Crippen LogP contribution in [0.2, 0.25) is 0 Å². The van der Waals surface area contributed by atoms with Gasteiger partial charge in [0, 0.05) is 0 Å². The molecular weight excluding hydrogens is 240 g/mol. The van der Waals surface area contributed by atoms with Gasteiger partial charge in [0.25, 0.3) is 0 Å². The summed E-state index contributed by atoms with van der Waals surface area (Å²) in [4.78, 5) is 0. The summed E-state index contributed by atoms with van der Waals surface area (Å²) in [5.41, 5.74) is 0. The molecule has 0 bridgehead atoms. The quantitative estimate of drug-likeness (QED) is 0.373. The predicted molar refractivity (Wildman–Crippen MR) is 65.9 cm³/mol. The molecule has 0 rings (SSSR count). The summed E-state index contributed by atoms with van der Waals surface area (Å²) in [7, 11) is -4.23. The first-order chi connectivity index (χ1) is 7.06. The SMILES string of the molecule is CCCCCCCCCCOS(=O)(=O)O.[Mg+2]. The van der Waals surface area contributed by atoms with Crippen molar-refractivity contribution in [3.63, 3.8) is 0 Å². The van der Waals surface area contributed by atoms with Crippen molar-refractivity contribution in [1.82, 2.24) is 0 Å². The molecule has 0 amide bonds. The average Bonchev–Trinajstić information content (AvgIpc) is 2.14. The monoisotopic (exact) mass is 262 g/mol. The summed E-state index contributed by atoms with van der Waals surface area (Å²) in [6.45, 7) is 2.28. The van der Waals surface area contributed by atoms with Crippen molar-refractivity contribution in [3.05, 3.63) is 0 Å². The Morgan fingerprint density at radius 3 is 1.81 bits per heavy atom. The third-order valence-electron chi connectivity index (χ3n) is 2.23. The van der Waals surface area contributed by atoms with Gasteiger partial charge in [-0.1, -0.05) is 51.9 Å². The summed E-state index contributed by atoms with van der Waals surface area (Å²) in [6, 6.07) is 0. The Bertz CT molecular complexity index is 229. The largest absolute Gasteiger partial charge is 2.00 e. The predicted octanol–water partition coefficient (Wildman–Crippen LogP) is 2.57. The van der Waals surface area contributed by atoms with Gasteiger partial charge in [0.15, 0.2) is 0 Å². The summed E-state index contributed by atoms with van der Waals surface area (Å²) in [5, 5.41) is 0. The van der Waals surface area contributed by atoms with Crippen LogP contribution in [0, 0.1) is 0 Å². The summed E-state index contributed by atoms with van der Waals surface area (Å²) in [6.07, 6.45) is 9.05. The summed E-state index contributed by atoms with van der Waals surface area (Å²) in [5.74, 6) is 0. The minimum absolute atomic E-state index is 0. The Morgan fingerprint density at radius 1 is 0.938 bits per heavy atom. The fourth-order valence-electron chi connectivity index (χ4n) is 1.40. The third kappa shape index (κ3) is 17.0. The van der Waals surface area contributed by atoms with Gasteiger partial charge in [-0.3, -0.25) is 4.55 Å². The molecule has 6 heteroatoms. The van der Waals surface area contributed by atoms with Crippen LogP contribution in [0.25, 0.3) is 0 Å². The van der Waals surface area contributed by atoms with Gasteiger partial charge in [0.1, 0.15) is 0 Å². The smallest absolute Gasteiger partial charge is 0.264 e. The standard InChI is InChI=1S/C10H22O4S.Mg/c1-2-3-4-5-6-7-8-9-10-14-15(11,12)13;/h2-10H2,1H3,(H,11,12,13);/q;+2. The zero-order chi connectivity index (χ0) is 11.6. The van der Waals surface area contributed by atoms with Crippen molar-refractivity contribution in [2.75, 3.05) is 6.61 Å². The maximum atomic E-state index is 10.2. The van der Waals surface area contributed by atoms with Crippen LogP contribution in [0.15, 0.2) is 0 Å². The van der Waals surface area contributed by atoms with Crippen molar-refractivity contribution >= 4 is 33.5 Å². The van der Waals surface area contributed by atoms with Crippen molar-refractivity contribution in [1.29, 1.82) is 0 Å². The Hall–Kier alpha value is 0.636. The molecule has 0 radical (unpaired) electrons. The molecule has 4 nitrogen and oxygen atoms in total. The second-order valence-corrected chi connectivity index (χ2v) is 4.82. The minimum atomic E-state index is -4.23. The molecule has 0 aliphatic heterocycles. The van der Waals surface area contributed by atoms with Gasteiger partial charge in [-0.15, -0.1) is 0 Å². The third-order valence-corrected chi connectivity index (χ3v) is 2.69. The van der Waals surface area contributed by atoms with E-state index in [0.29, 0.717) is 6.42 Å². The molecule has 0 unspecified atom stereocenters. The Morgan fingerprint density at radius 2 is 1.38 bits per heavy atom. The van der Waals surface area contributed by atoms with Crippen LogP contribution in [0.5, 0.6) is 0 Å². The van der Waals surface area contributed by atoms with E-state index in [1.54, 1.807) is 0 Å². The van der Waals surface area contributed by atoms with Crippen LogP contribution in [-0.4, -0.2) is 42.6 Å². The second kappa shape index (κ2) is 12.1. The van der Waals surface area contributed by atoms with Gasteiger partial charge in [-0.2, -0.15) is 8.42 Å². The Kier molecular flexibility index (Phi) is 14.4. The zero-order valence-corrected chi connectivity index (χ0v) is 12.4. The van der Waals surface area contributed by atoms with Crippen molar-refractivity contribution in [2.24, 2.45) is 0 Å². The van der Waals surface area contributed by atoms with E-state index < -0.39 is 10.4 Å². The van der Waals surface area contributed by atoms with Crippen molar-refractivity contribution in [2.45, 2.75) is 58.3 Å². The van der Waals surface area contributed by atoms with Crippen molar-refractivity contribution < 1.29 is 17.2 Å². The summed E-state index contributed by atoms with van der Waals surface area (Å²) >= 11 is 0. The minimum Gasteiger partial charge on any atom is -0.264 e. The number of unbranched alkanes of at least 4 members (excludes halogenated alkanes) is 7. The molecule has 0 spiro atoms. The molecule has 0 aromatic heterocycles. The van der Waals surface area contributed by atoms with Crippen LogP contribution in [0.4, 0.5) is 0 Å². The normalized spacial score (nSPS) is 11.1. The molecule has 0 saturated heterocycles. The fourth-order valence-corrected chi connectivity index (χ4v) is 1.73. The number of hydrogen-bond donors (Lipinski definition) is 1. The Labute approximate surface area is 115 Å². The maximum Gasteiger partial charge on any atom is 2.00 e. The van der Waals surface area contributed by atoms with Gasteiger partial charge in [0.05, 0.1) is 6.61 Å². The van der Waals surface area contributed by atoms with Crippen molar-refractivity contribution in [3.8, 4) is 0 Å². The first kappa shape index (κ1) is 19.0. The first-order valence-electron chi connectivity index (χ1n) is 5.68. The first-order valence-corrected chi connectivity index (χ1v) is 7.04. The molecule has 0 fully saturated rings. The maximum absolute atomic E-state index is 10.2. The van der Waals surface area contributed by atoms with Crippen LogP contribution < -0.4 is 0 Å². The van der Waals surface area contributed by atoms with E-state index >= 15 is 0 Å². The Balaban J connectivity index is 0. The van der Waals surface area contributed by atoms with Crippen LogP contribution in [0.3, 0.4) is 0 Å². The van der Waals surface area contributed by atoms with E-state index in [2.05, 4.69) is 11.1 Å². The van der Waals surface area contributed by atoms with E-state index in [4.69, 9.17) is 4.55 Å². The van der Waals surface area contributed by atoms with E-state index in [-0.39, 0.29) is 29.7 Å². The van der Waals surface area contributed by atoms with E-state index in [9.17, 15) is 8.42 Å². The molecule has 0 aromatic rings. The van der Waals surface area contributed by atoms with Crippen LogP contribution >= 0.6 is 0 Å². The molecule has 1 N–H and O–H groups in total. The molecule has 0 aromatic carbocycles. The number of hydrogen-bond acceptors (Lipinski definition) is 3. The van der Waals surface area contributed by atoms with E-state index in [0.717, 1.165) is 12.8 Å². The molecular formula is C10H22MgO4S+2. The molecule has 0 heterocycles. The van der Waals surface area contributed by atoms with Crippen LogP contribution in [-0.2, 0) is 14.6 Å². The van der Waals surface area contributed by atoms with Gasteiger partial charge < -0.3 is 0 Å². The molecule has 0 aliphatic carbocycles. The van der Waals surface area contributed by atoms with E-state index in [1.807, 2.05) is 0 Å². The summed E-state index contributed by atoms with van der Waals surface area (Å²) < 4.78 is 32.8. The molecule has 16 heavy (non-hydrogen) atoms. The second-order valence-electron chi connectivity index (χ2n) is 3.72. The van der Waals surface area contributed by atoms with Gasteiger partial charge in [-0.25, -0.2) is 4.18 Å². The van der Waals surface area contributed by atoms with Crippen LogP contribution in [0.1, 0.15) is 58.3 Å². The molecule has 92 valence electrons. The fraction of sp³-hybridized carbons (Fsp3) is 1.00. The number of rotatable bonds is 10. The molecule has 0 aliphatic rings. The van der Waals surface area contributed by atoms with Gasteiger partial charge in [0.2, 0.25) is 0 Å². The van der Waals surface area contributed by atoms with Gasteiger partial charge >= 0.3 is 33.5 Å². The van der Waals surface area contributed by atoms with E-state index in [1.165, 1.54) is 32.1 Å².